The van der Waals surface area contributed by atoms with Crippen LogP contribution in [0.1, 0.15) is 41.0 Å². The quantitative estimate of drug-likeness (QED) is 0.762. The van der Waals surface area contributed by atoms with Crippen molar-refractivity contribution in [2.75, 3.05) is 23.4 Å². The molecule has 1 N–H and O–H groups in total. The molecule has 0 radical (unpaired) electrons. The fraction of sp³-hybridized carbons (Fsp3) is 0.381. The number of aromatic nitrogens is 1. The van der Waals surface area contributed by atoms with Crippen LogP contribution in [-0.2, 0) is 9.59 Å². The Kier molecular flexibility index (Phi) is 6.22. The largest absolute Gasteiger partial charge is 0.327 e. The smallest absolute Gasteiger partial charge is 0.313 e. The average Bonchev–Trinajstić information content (AvgIpc) is 3.24. The summed E-state index contributed by atoms with van der Waals surface area (Å²) in [6.07, 6.45) is 6.46. The highest BCUT2D eigenvalue weighted by Gasteiger charge is 2.33. The molecule has 5 nitrogen and oxygen atoms in total. The summed E-state index contributed by atoms with van der Waals surface area (Å²) in [7, 11) is 0. The number of likely N-dealkylation sites (tertiary alicyclic amines) is 1. The topological polar surface area (TPSA) is 62.3 Å². The fourth-order valence-corrected chi connectivity index (χ4v) is 6.57. The van der Waals surface area contributed by atoms with Crippen LogP contribution in [0.15, 0.2) is 48.8 Å². The Morgan fingerprint density at radius 3 is 2.61 bits per heavy atom. The number of anilines is 1. The molecule has 1 aromatic heterocycles. The van der Waals surface area contributed by atoms with Crippen molar-refractivity contribution in [2.45, 2.75) is 29.9 Å². The van der Waals surface area contributed by atoms with E-state index in [9.17, 15) is 9.59 Å². The van der Waals surface area contributed by atoms with Gasteiger partial charge in [-0.2, -0.15) is 0 Å². The highest BCUT2D eigenvalue weighted by molar-refractivity contribution is 8.16. The molecule has 1 atom stereocenters. The Morgan fingerprint density at radius 1 is 1.04 bits per heavy atom. The van der Waals surface area contributed by atoms with Gasteiger partial charge < -0.3 is 10.2 Å². The van der Waals surface area contributed by atoms with Gasteiger partial charge in [0.2, 0.25) is 0 Å². The Hall–Kier alpha value is -1.99. The molecule has 2 aromatic rings. The van der Waals surface area contributed by atoms with Gasteiger partial charge in [-0.05, 0) is 66.2 Å². The van der Waals surface area contributed by atoms with E-state index in [0.717, 1.165) is 29.9 Å². The molecule has 2 amide bonds. The van der Waals surface area contributed by atoms with Crippen LogP contribution in [-0.4, -0.2) is 39.7 Å². The molecule has 28 heavy (non-hydrogen) atoms. The molecule has 2 aliphatic rings. The van der Waals surface area contributed by atoms with Gasteiger partial charge in [0.05, 0.1) is 10.6 Å². The van der Waals surface area contributed by atoms with Gasteiger partial charge in [0.1, 0.15) is 0 Å². The van der Waals surface area contributed by atoms with Crippen LogP contribution in [0.25, 0.3) is 0 Å². The highest BCUT2D eigenvalue weighted by atomic mass is 32.2. The number of pyridine rings is 1. The number of hydrogen-bond acceptors (Lipinski definition) is 5. The summed E-state index contributed by atoms with van der Waals surface area (Å²) in [6.45, 7) is 0.606. The second-order valence-corrected chi connectivity index (χ2v) is 9.67. The zero-order valence-corrected chi connectivity index (χ0v) is 17.2. The van der Waals surface area contributed by atoms with E-state index in [4.69, 9.17) is 0 Å². The number of benzene rings is 1. The van der Waals surface area contributed by atoms with Crippen LogP contribution >= 0.6 is 23.5 Å². The molecule has 3 heterocycles. The summed E-state index contributed by atoms with van der Waals surface area (Å²) < 4.78 is 0.399. The maximum atomic E-state index is 12.8. The first kappa shape index (κ1) is 19.3. The Morgan fingerprint density at radius 2 is 1.82 bits per heavy atom. The first-order chi connectivity index (χ1) is 13.7. The summed E-state index contributed by atoms with van der Waals surface area (Å²) in [4.78, 5) is 31.2. The maximum absolute atomic E-state index is 12.8. The van der Waals surface area contributed by atoms with Crippen LogP contribution < -0.4 is 5.32 Å². The molecule has 7 heteroatoms. The Balaban J connectivity index is 1.44. The lowest BCUT2D eigenvalue weighted by atomic mass is 10.1. The van der Waals surface area contributed by atoms with Gasteiger partial charge in [0, 0.05) is 24.6 Å². The normalized spacial score (nSPS) is 20.1. The van der Waals surface area contributed by atoms with E-state index < -0.39 is 11.8 Å². The standard InChI is InChI=1S/C21H23N3O2S2/c25-19(20(26)24-11-2-6-18(24)15-7-9-22-10-8-15)23-17-5-1-4-16(14-17)21-27-12-3-13-28-21/h1,4-5,7-10,14,18,21H,2-3,6,11-13H2,(H,23,25). The summed E-state index contributed by atoms with van der Waals surface area (Å²) in [5.41, 5.74) is 2.90. The summed E-state index contributed by atoms with van der Waals surface area (Å²) in [6, 6.07) is 11.6. The van der Waals surface area contributed by atoms with Crippen LogP contribution in [0.3, 0.4) is 0 Å². The van der Waals surface area contributed by atoms with Crippen molar-refractivity contribution < 1.29 is 9.59 Å². The molecule has 0 spiro atoms. The van der Waals surface area contributed by atoms with Gasteiger partial charge >= 0.3 is 11.8 Å². The first-order valence-electron chi connectivity index (χ1n) is 9.57. The number of nitrogens with zero attached hydrogens (tertiary/aromatic N) is 2. The van der Waals surface area contributed by atoms with Crippen molar-refractivity contribution >= 4 is 41.0 Å². The summed E-state index contributed by atoms with van der Waals surface area (Å²) in [5.74, 6) is 1.30. The fourth-order valence-electron chi connectivity index (χ4n) is 3.70. The second-order valence-electron chi connectivity index (χ2n) is 6.94. The van der Waals surface area contributed by atoms with Gasteiger partial charge in [-0.3, -0.25) is 14.6 Å². The number of carbonyl (C=O) groups is 2. The lowest BCUT2D eigenvalue weighted by Gasteiger charge is -2.24. The number of carbonyl (C=O) groups excluding carboxylic acids is 2. The lowest BCUT2D eigenvalue weighted by molar-refractivity contribution is -0.143. The molecule has 4 rings (SSSR count). The minimum Gasteiger partial charge on any atom is -0.327 e. The van der Waals surface area contributed by atoms with E-state index in [1.165, 1.54) is 12.0 Å². The van der Waals surface area contributed by atoms with Gasteiger partial charge in [0.25, 0.3) is 0 Å². The van der Waals surface area contributed by atoms with Crippen molar-refractivity contribution in [1.82, 2.24) is 9.88 Å². The van der Waals surface area contributed by atoms with Crippen LogP contribution in [0.4, 0.5) is 5.69 Å². The van der Waals surface area contributed by atoms with E-state index >= 15 is 0 Å². The Labute approximate surface area is 173 Å². The minimum absolute atomic E-state index is 0.0531. The SMILES string of the molecule is O=C(Nc1cccc(C2SCCCS2)c1)C(=O)N1CCCC1c1ccncc1. The molecule has 146 valence electrons. The third-order valence-electron chi connectivity index (χ3n) is 5.04. The number of amides is 2. The maximum Gasteiger partial charge on any atom is 0.313 e. The molecule has 1 aromatic carbocycles. The highest BCUT2D eigenvalue weighted by Crippen LogP contribution is 2.44. The van der Waals surface area contributed by atoms with Gasteiger partial charge in [-0.25, -0.2) is 0 Å². The van der Waals surface area contributed by atoms with Crippen molar-refractivity contribution in [1.29, 1.82) is 0 Å². The predicted molar refractivity (Wildman–Crippen MR) is 115 cm³/mol. The third-order valence-corrected chi connectivity index (χ3v) is 8.06. The molecule has 2 aliphatic heterocycles. The second kappa shape index (κ2) is 9.01. The van der Waals surface area contributed by atoms with E-state index in [0.29, 0.717) is 16.8 Å². The molecule has 0 saturated carbocycles. The van der Waals surface area contributed by atoms with E-state index in [1.54, 1.807) is 17.3 Å². The minimum atomic E-state index is -0.568. The third kappa shape index (κ3) is 4.36. The molecule has 0 aliphatic carbocycles. The molecule has 0 bridgehead atoms. The molecule has 2 fully saturated rings. The van der Waals surface area contributed by atoms with Crippen molar-refractivity contribution in [2.24, 2.45) is 0 Å². The van der Waals surface area contributed by atoms with Crippen LogP contribution in [0.2, 0.25) is 0 Å². The number of nitrogens with one attached hydrogen (secondary N) is 1. The van der Waals surface area contributed by atoms with Crippen molar-refractivity contribution in [3.63, 3.8) is 0 Å². The predicted octanol–water partition coefficient (Wildman–Crippen LogP) is 4.25. The average molecular weight is 414 g/mol. The first-order valence-corrected chi connectivity index (χ1v) is 11.7. The Bertz CT molecular complexity index is 841. The lowest BCUT2D eigenvalue weighted by Crippen LogP contribution is -2.39. The van der Waals surface area contributed by atoms with E-state index in [-0.39, 0.29) is 6.04 Å². The zero-order valence-electron chi connectivity index (χ0n) is 15.5. The summed E-state index contributed by atoms with van der Waals surface area (Å²) >= 11 is 3.88. The van der Waals surface area contributed by atoms with Crippen LogP contribution in [0.5, 0.6) is 0 Å². The summed E-state index contributed by atoms with van der Waals surface area (Å²) in [5, 5.41) is 2.81. The molecule has 1 unspecified atom stereocenters. The molecule has 2 saturated heterocycles. The van der Waals surface area contributed by atoms with Crippen molar-refractivity contribution in [3.05, 3.63) is 59.9 Å². The molecular weight excluding hydrogens is 390 g/mol. The monoisotopic (exact) mass is 413 g/mol. The van der Waals surface area contributed by atoms with Crippen LogP contribution in [0, 0.1) is 0 Å². The number of thioether (sulfide) groups is 2. The van der Waals surface area contributed by atoms with Gasteiger partial charge in [0.15, 0.2) is 0 Å². The molecular formula is C21H23N3O2S2. The van der Waals surface area contributed by atoms with Crippen molar-refractivity contribution in [3.8, 4) is 0 Å². The van der Waals surface area contributed by atoms with Gasteiger partial charge in [-0.1, -0.05) is 12.1 Å². The number of hydrogen-bond donors (Lipinski definition) is 1. The van der Waals surface area contributed by atoms with Gasteiger partial charge in [-0.15, -0.1) is 23.5 Å². The number of rotatable bonds is 3. The van der Waals surface area contributed by atoms with E-state index in [2.05, 4.69) is 16.4 Å². The van der Waals surface area contributed by atoms with E-state index in [1.807, 2.05) is 53.9 Å². The zero-order chi connectivity index (χ0) is 19.3.